The molecule has 7 heteroatoms. The molecular weight excluding hydrogens is 335 g/mol. The molecule has 1 fully saturated rings. The third-order valence-electron chi connectivity index (χ3n) is 5.19. The smallest absolute Gasteiger partial charge is 0.254 e. The van der Waals surface area contributed by atoms with Crippen molar-refractivity contribution in [3.05, 3.63) is 53.6 Å². The first-order chi connectivity index (χ1) is 12.6. The number of fused-ring (bicyclic) bond motifs is 1. The molecule has 1 aromatic carbocycles. The maximum absolute atomic E-state index is 13.6. The van der Waals surface area contributed by atoms with Crippen molar-refractivity contribution in [3.8, 4) is 0 Å². The molecule has 136 valence electrons. The number of halogens is 1. The number of carbonyl (C=O) groups excluding carboxylic acids is 2. The van der Waals surface area contributed by atoms with Crippen LogP contribution in [0.1, 0.15) is 35.3 Å². The monoisotopic (exact) mass is 356 g/mol. The summed E-state index contributed by atoms with van der Waals surface area (Å²) in [5, 5.41) is 4.32. The van der Waals surface area contributed by atoms with E-state index in [1.165, 1.54) is 12.1 Å². The molecule has 1 atom stereocenters. The normalized spacial score (nSPS) is 20.2. The zero-order valence-electron chi connectivity index (χ0n) is 14.5. The lowest BCUT2D eigenvalue weighted by atomic mass is 10.1. The third-order valence-corrected chi connectivity index (χ3v) is 5.19. The minimum atomic E-state index is -0.429. The molecule has 26 heavy (non-hydrogen) atoms. The fourth-order valence-electron chi connectivity index (χ4n) is 3.79. The highest BCUT2D eigenvalue weighted by Crippen LogP contribution is 2.22. The van der Waals surface area contributed by atoms with E-state index in [9.17, 15) is 14.0 Å². The first-order valence-electron chi connectivity index (χ1n) is 8.97. The minimum Gasteiger partial charge on any atom is -0.341 e. The van der Waals surface area contributed by atoms with Crippen LogP contribution < -0.4 is 0 Å². The van der Waals surface area contributed by atoms with E-state index in [-0.39, 0.29) is 17.9 Å². The van der Waals surface area contributed by atoms with Crippen LogP contribution in [0, 0.1) is 5.82 Å². The van der Waals surface area contributed by atoms with Crippen LogP contribution in [0.25, 0.3) is 0 Å². The van der Waals surface area contributed by atoms with Gasteiger partial charge in [0.1, 0.15) is 5.82 Å². The number of benzene rings is 1. The van der Waals surface area contributed by atoms with Crippen LogP contribution in [0.15, 0.2) is 36.5 Å². The molecule has 2 amide bonds. The maximum Gasteiger partial charge on any atom is 0.254 e. The van der Waals surface area contributed by atoms with Gasteiger partial charge in [-0.05, 0) is 37.1 Å². The minimum absolute atomic E-state index is 0.116. The Hall–Kier alpha value is -2.70. The van der Waals surface area contributed by atoms with Crippen molar-refractivity contribution >= 4 is 11.8 Å². The van der Waals surface area contributed by atoms with Gasteiger partial charge in [0.25, 0.3) is 5.91 Å². The number of hydrogen-bond acceptors (Lipinski definition) is 3. The molecule has 1 saturated heterocycles. The lowest BCUT2D eigenvalue weighted by molar-refractivity contribution is -0.128. The van der Waals surface area contributed by atoms with Crippen LogP contribution in [0.5, 0.6) is 0 Å². The van der Waals surface area contributed by atoms with Crippen molar-refractivity contribution in [2.75, 3.05) is 13.1 Å². The Labute approximate surface area is 151 Å². The second kappa shape index (κ2) is 6.90. The van der Waals surface area contributed by atoms with Gasteiger partial charge in [0.05, 0.1) is 18.3 Å². The molecule has 2 aliphatic heterocycles. The predicted octanol–water partition coefficient (Wildman–Crippen LogP) is 2.06. The number of carbonyl (C=O) groups is 2. The molecule has 1 unspecified atom stereocenters. The summed E-state index contributed by atoms with van der Waals surface area (Å²) in [6, 6.07) is 7.55. The SMILES string of the molecule is O=C1CCCN1CC1CCn2nccc2CN1C(=O)c1cccc(F)c1. The highest BCUT2D eigenvalue weighted by Gasteiger charge is 2.32. The molecular formula is C19H21FN4O2. The van der Waals surface area contributed by atoms with E-state index in [0.717, 1.165) is 18.7 Å². The highest BCUT2D eigenvalue weighted by molar-refractivity contribution is 5.94. The second-order valence-electron chi connectivity index (χ2n) is 6.87. The zero-order valence-corrected chi connectivity index (χ0v) is 14.5. The molecule has 6 nitrogen and oxygen atoms in total. The fourth-order valence-corrected chi connectivity index (χ4v) is 3.79. The van der Waals surface area contributed by atoms with Crippen molar-refractivity contribution < 1.29 is 14.0 Å². The molecule has 0 radical (unpaired) electrons. The van der Waals surface area contributed by atoms with Gasteiger partial charge in [-0.15, -0.1) is 0 Å². The summed E-state index contributed by atoms with van der Waals surface area (Å²) in [6.07, 6.45) is 3.88. The van der Waals surface area contributed by atoms with Crippen molar-refractivity contribution in [2.45, 2.75) is 38.4 Å². The molecule has 0 saturated carbocycles. The van der Waals surface area contributed by atoms with Crippen LogP contribution in [0.3, 0.4) is 0 Å². The van der Waals surface area contributed by atoms with Crippen molar-refractivity contribution in [1.29, 1.82) is 0 Å². The molecule has 4 rings (SSSR count). The fraction of sp³-hybridized carbons (Fsp3) is 0.421. The molecule has 3 heterocycles. The predicted molar refractivity (Wildman–Crippen MR) is 92.7 cm³/mol. The molecule has 0 N–H and O–H groups in total. The van der Waals surface area contributed by atoms with Crippen LogP contribution in [-0.2, 0) is 17.9 Å². The quantitative estimate of drug-likeness (QED) is 0.846. The standard InChI is InChI=1S/C19H21FN4O2/c20-15-4-1-3-14(11-15)19(26)23-13-17-6-8-21-24(17)10-7-16(23)12-22-9-2-5-18(22)25/h1,3-4,6,8,11,16H,2,5,7,9-10,12-13H2. The summed E-state index contributed by atoms with van der Waals surface area (Å²) in [5.74, 6) is -0.497. The molecule has 1 aromatic heterocycles. The number of likely N-dealkylation sites (tertiary alicyclic amines) is 1. The first kappa shape index (κ1) is 16.8. The van der Waals surface area contributed by atoms with Gasteiger partial charge in [-0.3, -0.25) is 14.3 Å². The average Bonchev–Trinajstić information content (AvgIpc) is 3.21. The summed E-state index contributed by atoms with van der Waals surface area (Å²) in [4.78, 5) is 28.8. The van der Waals surface area contributed by atoms with Gasteiger partial charge in [-0.1, -0.05) is 6.07 Å². The molecule has 2 aliphatic rings. The number of rotatable bonds is 3. The lowest BCUT2D eigenvalue weighted by Crippen LogP contribution is -2.46. The summed E-state index contributed by atoms with van der Waals surface area (Å²) < 4.78 is 15.5. The number of aryl methyl sites for hydroxylation is 1. The maximum atomic E-state index is 13.6. The Morgan fingerprint density at radius 2 is 2.15 bits per heavy atom. The number of aromatic nitrogens is 2. The molecule has 0 bridgehead atoms. The number of hydrogen-bond donors (Lipinski definition) is 0. The van der Waals surface area contributed by atoms with Gasteiger partial charge in [0.15, 0.2) is 0 Å². The van der Waals surface area contributed by atoms with Crippen molar-refractivity contribution in [2.24, 2.45) is 0 Å². The molecule has 2 aromatic rings. The Kier molecular flexibility index (Phi) is 4.44. The van der Waals surface area contributed by atoms with Crippen LogP contribution in [0.2, 0.25) is 0 Å². The first-order valence-corrected chi connectivity index (χ1v) is 8.97. The van der Waals surface area contributed by atoms with Gasteiger partial charge in [0.2, 0.25) is 5.91 Å². The lowest BCUT2D eigenvalue weighted by Gasteiger charge is -2.32. The van der Waals surface area contributed by atoms with Crippen LogP contribution in [0.4, 0.5) is 4.39 Å². The van der Waals surface area contributed by atoms with E-state index in [2.05, 4.69) is 5.10 Å². The Morgan fingerprint density at radius 1 is 1.27 bits per heavy atom. The Morgan fingerprint density at radius 3 is 2.92 bits per heavy atom. The van der Waals surface area contributed by atoms with E-state index in [0.29, 0.717) is 38.0 Å². The molecule has 0 spiro atoms. The summed E-state index contributed by atoms with van der Waals surface area (Å²) in [6.45, 7) is 2.36. The Balaban J connectivity index is 1.63. The highest BCUT2D eigenvalue weighted by atomic mass is 19.1. The Bertz CT molecular complexity index is 834. The van der Waals surface area contributed by atoms with Crippen LogP contribution in [-0.4, -0.2) is 50.5 Å². The second-order valence-corrected chi connectivity index (χ2v) is 6.87. The van der Waals surface area contributed by atoms with E-state index in [1.54, 1.807) is 23.2 Å². The van der Waals surface area contributed by atoms with Gasteiger partial charge in [0, 0.05) is 37.8 Å². The van der Waals surface area contributed by atoms with Gasteiger partial charge >= 0.3 is 0 Å². The van der Waals surface area contributed by atoms with E-state index >= 15 is 0 Å². The molecule has 0 aliphatic carbocycles. The van der Waals surface area contributed by atoms with Gasteiger partial charge in [-0.2, -0.15) is 5.10 Å². The zero-order chi connectivity index (χ0) is 18.1. The summed E-state index contributed by atoms with van der Waals surface area (Å²) >= 11 is 0. The van der Waals surface area contributed by atoms with Gasteiger partial charge < -0.3 is 9.80 Å². The number of nitrogens with zero attached hydrogens (tertiary/aromatic N) is 4. The van der Waals surface area contributed by atoms with Crippen molar-refractivity contribution in [3.63, 3.8) is 0 Å². The van der Waals surface area contributed by atoms with E-state index < -0.39 is 5.82 Å². The third kappa shape index (κ3) is 3.21. The largest absolute Gasteiger partial charge is 0.341 e. The average molecular weight is 356 g/mol. The summed E-state index contributed by atoms with van der Waals surface area (Å²) in [5.41, 5.74) is 1.28. The topological polar surface area (TPSA) is 58.4 Å². The van der Waals surface area contributed by atoms with E-state index in [1.807, 2.05) is 15.6 Å². The summed E-state index contributed by atoms with van der Waals surface area (Å²) in [7, 11) is 0. The van der Waals surface area contributed by atoms with Crippen molar-refractivity contribution in [1.82, 2.24) is 19.6 Å². The van der Waals surface area contributed by atoms with Gasteiger partial charge in [-0.25, -0.2) is 4.39 Å². The van der Waals surface area contributed by atoms with Crippen LogP contribution >= 0.6 is 0 Å². The number of amides is 2. The van der Waals surface area contributed by atoms with E-state index in [4.69, 9.17) is 0 Å².